The predicted molar refractivity (Wildman–Crippen MR) is 73.1 cm³/mol. The van der Waals surface area contributed by atoms with E-state index in [2.05, 4.69) is 16.9 Å². The highest BCUT2D eigenvalue weighted by atomic mass is 19.1. The molecule has 98 valence electrons. The molecule has 0 fully saturated rings. The van der Waals surface area contributed by atoms with Gasteiger partial charge in [0.1, 0.15) is 5.82 Å². The molecule has 2 N–H and O–H groups in total. The highest BCUT2D eigenvalue weighted by Gasteiger charge is 2.04. The summed E-state index contributed by atoms with van der Waals surface area (Å²) in [5.74, 6) is 5.28. The van der Waals surface area contributed by atoms with Gasteiger partial charge < -0.3 is 5.73 Å². The molecule has 19 heavy (non-hydrogen) atoms. The van der Waals surface area contributed by atoms with E-state index >= 15 is 0 Å². The maximum atomic E-state index is 13.5. The van der Waals surface area contributed by atoms with Crippen LogP contribution in [0, 0.1) is 31.5 Å². The number of nitrogens with zero attached hydrogens (tertiary/aromatic N) is 2. The average molecular weight is 257 g/mol. The van der Waals surface area contributed by atoms with Crippen molar-refractivity contribution in [1.82, 2.24) is 9.78 Å². The van der Waals surface area contributed by atoms with E-state index in [1.165, 1.54) is 12.1 Å². The Labute approximate surface area is 112 Å². The van der Waals surface area contributed by atoms with Crippen molar-refractivity contribution in [1.29, 1.82) is 0 Å². The summed E-state index contributed by atoms with van der Waals surface area (Å²) in [6, 6.07) is 6.77. The molecule has 0 radical (unpaired) electrons. The zero-order valence-electron chi connectivity index (χ0n) is 11.1. The average Bonchev–Trinajstić information content (AvgIpc) is 2.64. The summed E-state index contributed by atoms with van der Waals surface area (Å²) in [6.07, 6.45) is 0. The number of nitrogens with two attached hydrogens (primary N) is 1. The van der Waals surface area contributed by atoms with Gasteiger partial charge in [0.05, 0.1) is 18.8 Å². The first-order valence-electron chi connectivity index (χ1n) is 6.08. The quantitative estimate of drug-likeness (QED) is 0.836. The molecule has 0 aliphatic heterocycles. The van der Waals surface area contributed by atoms with Crippen LogP contribution >= 0.6 is 0 Å². The lowest BCUT2D eigenvalue weighted by molar-refractivity contribution is 0.615. The van der Waals surface area contributed by atoms with Crippen LogP contribution in [0.2, 0.25) is 0 Å². The Morgan fingerprint density at radius 2 is 2.05 bits per heavy atom. The first kappa shape index (κ1) is 13.3. The van der Waals surface area contributed by atoms with Crippen molar-refractivity contribution in [3.05, 3.63) is 52.6 Å². The minimum atomic E-state index is -0.291. The van der Waals surface area contributed by atoms with Gasteiger partial charge in [-0.2, -0.15) is 5.10 Å². The van der Waals surface area contributed by atoms with Gasteiger partial charge in [0.15, 0.2) is 0 Å². The first-order chi connectivity index (χ1) is 9.08. The van der Waals surface area contributed by atoms with Crippen LogP contribution in [0.3, 0.4) is 0 Å². The van der Waals surface area contributed by atoms with Gasteiger partial charge >= 0.3 is 0 Å². The molecule has 3 nitrogen and oxygen atoms in total. The fraction of sp³-hybridized carbons (Fsp3) is 0.267. The summed E-state index contributed by atoms with van der Waals surface area (Å²) in [5.41, 5.74) is 8.81. The zero-order chi connectivity index (χ0) is 13.8. The van der Waals surface area contributed by atoms with Gasteiger partial charge in [-0.05, 0) is 43.7 Å². The second-order valence-electron chi connectivity index (χ2n) is 4.44. The standard InChI is InChI=1S/C15H16FN3/c1-11-6-12(2)19(18-11)10-14-7-13(4-3-5-17)8-15(16)9-14/h6-9H,5,10,17H2,1-2H3. The lowest BCUT2D eigenvalue weighted by atomic mass is 10.1. The van der Waals surface area contributed by atoms with Gasteiger partial charge in [-0.3, -0.25) is 4.68 Å². The summed E-state index contributed by atoms with van der Waals surface area (Å²) in [5, 5.41) is 4.37. The molecule has 0 bridgehead atoms. The van der Waals surface area contributed by atoms with E-state index in [1.54, 1.807) is 0 Å². The molecular weight excluding hydrogens is 241 g/mol. The van der Waals surface area contributed by atoms with Crippen LogP contribution in [0.5, 0.6) is 0 Å². The number of aryl methyl sites for hydroxylation is 2. The molecule has 1 aromatic carbocycles. The van der Waals surface area contributed by atoms with Gasteiger partial charge in [-0.25, -0.2) is 4.39 Å². The molecule has 1 aromatic heterocycles. The van der Waals surface area contributed by atoms with Gasteiger partial charge in [-0.1, -0.05) is 11.8 Å². The lowest BCUT2D eigenvalue weighted by Gasteiger charge is -2.05. The van der Waals surface area contributed by atoms with Crippen LogP contribution < -0.4 is 5.73 Å². The third-order valence-electron chi connectivity index (χ3n) is 2.73. The minimum Gasteiger partial charge on any atom is -0.320 e. The summed E-state index contributed by atoms with van der Waals surface area (Å²) in [4.78, 5) is 0. The lowest BCUT2D eigenvalue weighted by Crippen LogP contribution is -2.04. The van der Waals surface area contributed by atoms with Crippen LogP contribution in [-0.4, -0.2) is 16.3 Å². The fourth-order valence-electron chi connectivity index (χ4n) is 1.97. The van der Waals surface area contributed by atoms with Crippen LogP contribution in [0.15, 0.2) is 24.3 Å². The number of halogens is 1. The second kappa shape index (κ2) is 5.68. The van der Waals surface area contributed by atoms with E-state index < -0.39 is 0 Å². The van der Waals surface area contributed by atoms with Crippen LogP contribution in [0.4, 0.5) is 4.39 Å². The molecule has 0 amide bonds. The summed E-state index contributed by atoms with van der Waals surface area (Å²) in [6.45, 7) is 4.72. The molecule has 0 saturated heterocycles. The Bertz CT molecular complexity index is 647. The SMILES string of the molecule is Cc1cc(C)n(Cc2cc(F)cc(C#CCN)c2)n1. The van der Waals surface area contributed by atoms with Crippen LogP contribution in [0.25, 0.3) is 0 Å². The highest BCUT2D eigenvalue weighted by Crippen LogP contribution is 2.12. The van der Waals surface area contributed by atoms with E-state index in [4.69, 9.17) is 5.73 Å². The van der Waals surface area contributed by atoms with E-state index in [9.17, 15) is 4.39 Å². The molecule has 0 saturated carbocycles. The molecule has 0 spiro atoms. The minimum absolute atomic E-state index is 0.267. The zero-order valence-corrected chi connectivity index (χ0v) is 11.1. The van der Waals surface area contributed by atoms with Gasteiger partial charge in [-0.15, -0.1) is 0 Å². The monoisotopic (exact) mass is 257 g/mol. The molecule has 0 aliphatic carbocycles. The predicted octanol–water partition coefficient (Wildman–Crippen LogP) is 2.00. The van der Waals surface area contributed by atoms with E-state index in [1.807, 2.05) is 30.7 Å². The molecule has 0 aliphatic rings. The molecule has 0 atom stereocenters. The van der Waals surface area contributed by atoms with Gasteiger partial charge in [0, 0.05) is 11.3 Å². The first-order valence-corrected chi connectivity index (χ1v) is 6.08. The van der Waals surface area contributed by atoms with Crippen molar-refractivity contribution in [2.24, 2.45) is 5.73 Å². The van der Waals surface area contributed by atoms with E-state index in [0.29, 0.717) is 12.1 Å². The van der Waals surface area contributed by atoms with Crippen molar-refractivity contribution in [2.75, 3.05) is 6.54 Å². The van der Waals surface area contributed by atoms with Gasteiger partial charge in [0.25, 0.3) is 0 Å². The maximum absolute atomic E-state index is 13.5. The Balaban J connectivity index is 2.30. The Morgan fingerprint density at radius 3 is 2.68 bits per heavy atom. The summed E-state index contributed by atoms with van der Waals surface area (Å²) < 4.78 is 15.4. The highest BCUT2D eigenvalue weighted by molar-refractivity contribution is 5.38. The maximum Gasteiger partial charge on any atom is 0.124 e. The Kier molecular flexibility index (Phi) is 3.98. The Morgan fingerprint density at radius 1 is 1.26 bits per heavy atom. The molecule has 0 unspecified atom stereocenters. The number of rotatable bonds is 2. The number of aromatic nitrogens is 2. The largest absolute Gasteiger partial charge is 0.320 e. The smallest absolute Gasteiger partial charge is 0.124 e. The molecule has 1 heterocycles. The topological polar surface area (TPSA) is 43.8 Å². The normalized spacial score (nSPS) is 10.1. The number of benzene rings is 1. The van der Waals surface area contributed by atoms with Crippen molar-refractivity contribution >= 4 is 0 Å². The summed E-state index contributed by atoms with van der Waals surface area (Å²) in [7, 11) is 0. The van der Waals surface area contributed by atoms with Crippen molar-refractivity contribution in [3.63, 3.8) is 0 Å². The van der Waals surface area contributed by atoms with E-state index in [0.717, 1.165) is 17.0 Å². The molecule has 2 rings (SSSR count). The van der Waals surface area contributed by atoms with Gasteiger partial charge in [0.2, 0.25) is 0 Å². The van der Waals surface area contributed by atoms with Crippen LogP contribution in [0.1, 0.15) is 22.5 Å². The second-order valence-corrected chi connectivity index (χ2v) is 4.44. The van der Waals surface area contributed by atoms with Crippen LogP contribution in [-0.2, 0) is 6.54 Å². The number of hydrogen-bond acceptors (Lipinski definition) is 2. The van der Waals surface area contributed by atoms with Crippen molar-refractivity contribution in [3.8, 4) is 11.8 Å². The molecular formula is C15H16FN3. The third-order valence-corrected chi connectivity index (χ3v) is 2.73. The molecule has 2 aromatic rings. The third kappa shape index (κ3) is 3.43. The summed E-state index contributed by atoms with van der Waals surface area (Å²) >= 11 is 0. The van der Waals surface area contributed by atoms with Crippen molar-refractivity contribution < 1.29 is 4.39 Å². The number of hydrogen-bond donors (Lipinski definition) is 1. The van der Waals surface area contributed by atoms with Crippen molar-refractivity contribution in [2.45, 2.75) is 20.4 Å². The molecule has 4 heteroatoms. The fourth-order valence-corrected chi connectivity index (χ4v) is 1.97. The van der Waals surface area contributed by atoms with E-state index in [-0.39, 0.29) is 12.4 Å². The Hall–Kier alpha value is -2.12.